The summed E-state index contributed by atoms with van der Waals surface area (Å²) in [4.78, 5) is 15.6. The van der Waals surface area contributed by atoms with Crippen LogP contribution in [0.3, 0.4) is 0 Å². The van der Waals surface area contributed by atoms with Crippen LogP contribution in [-0.2, 0) is 9.84 Å². The van der Waals surface area contributed by atoms with E-state index in [4.69, 9.17) is 0 Å². The molecule has 1 amide bonds. The van der Waals surface area contributed by atoms with Crippen molar-refractivity contribution in [2.75, 3.05) is 5.32 Å². The van der Waals surface area contributed by atoms with Crippen LogP contribution in [0.25, 0.3) is 5.69 Å². The first-order valence-corrected chi connectivity index (χ1v) is 9.13. The van der Waals surface area contributed by atoms with Crippen molar-refractivity contribution in [1.82, 2.24) is 25.2 Å². The molecule has 29 heavy (non-hydrogen) atoms. The van der Waals surface area contributed by atoms with Gasteiger partial charge in [-0.15, -0.1) is 5.10 Å². The zero-order valence-corrected chi connectivity index (χ0v) is 15.2. The van der Waals surface area contributed by atoms with Gasteiger partial charge >= 0.3 is 5.51 Å². The molecule has 0 spiro atoms. The van der Waals surface area contributed by atoms with E-state index >= 15 is 0 Å². The fourth-order valence-corrected chi connectivity index (χ4v) is 3.16. The maximum absolute atomic E-state index is 14.1. The largest absolute Gasteiger partial charge is 0.503 e. The molecule has 0 atom stereocenters. The number of alkyl halides is 3. The number of halogens is 4. The van der Waals surface area contributed by atoms with Crippen LogP contribution in [0.1, 0.15) is 16.2 Å². The Kier molecular flexibility index (Phi) is 5.04. The highest BCUT2D eigenvalue weighted by Crippen LogP contribution is 2.31. The number of nitrogens with zero attached hydrogens (tertiary/aromatic N) is 5. The average Bonchev–Trinajstić information content (AvgIpc) is 3.08. The Labute approximate surface area is 160 Å². The molecule has 0 aliphatic heterocycles. The van der Waals surface area contributed by atoms with Gasteiger partial charge in [0, 0.05) is 6.20 Å². The molecule has 1 aromatic carbocycles. The monoisotopic (exact) mass is 430 g/mol. The Morgan fingerprint density at radius 2 is 1.93 bits per heavy atom. The number of amides is 1. The van der Waals surface area contributed by atoms with Gasteiger partial charge in [-0.2, -0.15) is 17.9 Å². The summed E-state index contributed by atoms with van der Waals surface area (Å²) in [6, 6.07) is 5.31. The molecule has 0 bridgehead atoms. The summed E-state index contributed by atoms with van der Waals surface area (Å²) in [5.41, 5.74) is -6.74. The smallest absolute Gasteiger partial charge is 0.319 e. The van der Waals surface area contributed by atoms with Crippen LogP contribution in [0.2, 0.25) is 0 Å². The molecular formula is C15H10F4N6O3S. The molecular weight excluding hydrogens is 420 g/mol. The van der Waals surface area contributed by atoms with Crippen molar-refractivity contribution in [2.24, 2.45) is 0 Å². The second kappa shape index (κ2) is 7.20. The quantitative estimate of drug-likeness (QED) is 0.629. The summed E-state index contributed by atoms with van der Waals surface area (Å²) >= 11 is 0. The second-order valence-electron chi connectivity index (χ2n) is 5.56. The average molecular weight is 430 g/mol. The van der Waals surface area contributed by atoms with E-state index < -0.39 is 43.3 Å². The topological polar surface area (TPSA) is 120 Å². The Morgan fingerprint density at radius 3 is 2.55 bits per heavy atom. The third-order valence-electron chi connectivity index (χ3n) is 3.64. The Morgan fingerprint density at radius 1 is 1.21 bits per heavy atom. The van der Waals surface area contributed by atoms with Gasteiger partial charge in [-0.05, 0) is 47.7 Å². The number of hydrogen-bond acceptors (Lipinski definition) is 7. The number of anilines is 1. The Bertz CT molecular complexity index is 1190. The maximum Gasteiger partial charge on any atom is 0.503 e. The van der Waals surface area contributed by atoms with Gasteiger partial charge in [0.15, 0.2) is 10.9 Å². The van der Waals surface area contributed by atoms with Gasteiger partial charge in [0.25, 0.3) is 15.7 Å². The van der Waals surface area contributed by atoms with Crippen molar-refractivity contribution in [2.45, 2.75) is 17.5 Å². The molecule has 3 rings (SSSR count). The van der Waals surface area contributed by atoms with Gasteiger partial charge in [-0.25, -0.2) is 17.8 Å². The zero-order chi connectivity index (χ0) is 21.4. The predicted octanol–water partition coefficient (Wildman–Crippen LogP) is 2.05. The van der Waals surface area contributed by atoms with Crippen molar-refractivity contribution in [3.63, 3.8) is 0 Å². The fourth-order valence-electron chi connectivity index (χ4n) is 2.29. The number of aryl methyl sites for hydroxylation is 1. The van der Waals surface area contributed by atoms with Crippen molar-refractivity contribution in [3.05, 3.63) is 53.7 Å². The van der Waals surface area contributed by atoms with Crippen LogP contribution in [0.5, 0.6) is 0 Å². The molecule has 3 aromatic rings. The number of pyridine rings is 1. The normalized spacial score (nSPS) is 12.0. The highest BCUT2D eigenvalue weighted by Gasteiger charge is 2.49. The molecule has 0 saturated heterocycles. The van der Waals surface area contributed by atoms with Crippen LogP contribution in [0.15, 0.2) is 41.6 Å². The zero-order valence-electron chi connectivity index (χ0n) is 14.3. The number of benzene rings is 1. The van der Waals surface area contributed by atoms with Crippen LogP contribution < -0.4 is 5.32 Å². The molecule has 152 valence electrons. The first-order valence-electron chi connectivity index (χ1n) is 7.65. The first kappa shape index (κ1) is 20.3. The van der Waals surface area contributed by atoms with Gasteiger partial charge in [0.05, 0.1) is 16.9 Å². The molecule has 0 unspecified atom stereocenters. The first-order chi connectivity index (χ1) is 13.5. The van der Waals surface area contributed by atoms with Crippen molar-refractivity contribution in [1.29, 1.82) is 0 Å². The van der Waals surface area contributed by atoms with Gasteiger partial charge in [-0.1, -0.05) is 0 Å². The molecule has 0 aliphatic carbocycles. The van der Waals surface area contributed by atoms with Crippen LogP contribution in [-0.4, -0.2) is 45.0 Å². The van der Waals surface area contributed by atoms with Gasteiger partial charge in [-0.3, -0.25) is 4.79 Å². The number of rotatable bonds is 4. The van der Waals surface area contributed by atoms with E-state index in [2.05, 4.69) is 20.5 Å². The Balaban J connectivity index is 2.00. The summed E-state index contributed by atoms with van der Waals surface area (Å²) in [7, 11) is -5.90. The summed E-state index contributed by atoms with van der Waals surface area (Å²) in [6.07, 6.45) is 0.789. The van der Waals surface area contributed by atoms with E-state index in [1.165, 1.54) is 10.7 Å². The molecule has 0 radical (unpaired) electrons. The van der Waals surface area contributed by atoms with E-state index in [0.29, 0.717) is 5.82 Å². The number of nitrogens with one attached hydrogen (secondary N) is 1. The maximum atomic E-state index is 14.1. The van der Waals surface area contributed by atoms with E-state index in [1.807, 2.05) is 5.32 Å². The number of tetrazole rings is 1. The summed E-state index contributed by atoms with van der Waals surface area (Å²) in [6.45, 7) is 1.56. The van der Waals surface area contributed by atoms with Crippen LogP contribution in [0, 0.1) is 12.7 Å². The molecule has 9 nitrogen and oxygen atoms in total. The number of hydrogen-bond donors (Lipinski definition) is 1. The lowest BCUT2D eigenvalue weighted by atomic mass is 10.2. The minimum Gasteiger partial charge on any atom is -0.319 e. The minimum atomic E-state index is -5.90. The van der Waals surface area contributed by atoms with E-state index in [9.17, 15) is 30.8 Å². The lowest BCUT2D eigenvalue weighted by molar-refractivity contribution is -0.0438. The van der Waals surface area contributed by atoms with Crippen molar-refractivity contribution in [3.8, 4) is 5.69 Å². The SMILES string of the molecule is Cc1nnnn1-c1ccc(F)c(NC(=O)c2cccnc2S(=O)(=O)C(F)(F)F)c1. The molecule has 0 fully saturated rings. The number of sulfone groups is 1. The lowest BCUT2D eigenvalue weighted by Crippen LogP contribution is -2.27. The molecule has 0 saturated carbocycles. The third kappa shape index (κ3) is 3.78. The standard InChI is InChI=1S/C15H10F4N6O3S/c1-8-22-23-24-25(8)9-4-5-11(16)12(7-9)21-13(26)10-3-2-6-20-14(10)29(27,28)15(17,18)19/h2-7H,1H3,(H,21,26). The number of carbonyl (C=O) groups is 1. The predicted molar refractivity (Wildman–Crippen MR) is 89.3 cm³/mol. The van der Waals surface area contributed by atoms with Gasteiger partial charge < -0.3 is 5.32 Å². The van der Waals surface area contributed by atoms with E-state index in [1.54, 1.807) is 6.92 Å². The van der Waals surface area contributed by atoms with Crippen molar-refractivity contribution >= 4 is 21.4 Å². The van der Waals surface area contributed by atoms with E-state index in [-0.39, 0.29) is 5.69 Å². The summed E-state index contributed by atoms with van der Waals surface area (Å²) < 4.78 is 77.3. The molecule has 1 N–H and O–H groups in total. The molecule has 2 heterocycles. The van der Waals surface area contributed by atoms with Crippen LogP contribution >= 0.6 is 0 Å². The Hall–Kier alpha value is -3.42. The summed E-state index contributed by atoms with van der Waals surface area (Å²) in [5, 5.41) is 11.3. The molecule has 14 heteroatoms. The third-order valence-corrected chi connectivity index (χ3v) is 5.09. The molecule has 0 aliphatic rings. The minimum absolute atomic E-state index is 0.249. The highest BCUT2D eigenvalue weighted by molar-refractivity contribution is 7.92. The van der Waals surface area contributed by atoms with Crippen LogP contribution in [0.4, 0.5) is 23.2 Å². The molecule has 2 aromatic heterocycles. The highest BCUT2D eigenvalue weighted by atomic mass is 32.2. The second-order valence-corrected chi connectivity index (χ2v) is 7.42. The number of carbonyl (C=O) groups excluding carboxylic acids is 1. The van der Waals surface area contributed by atoms with Crippen molar-refractivity contribution < 1.29 is 30.8 Å². The van der Waals surface area contributed by atoms with Gasteiger partial charge in [0.1, 0.15) is 5.82 Å². The fraction of sp³-hybridized carbons (Fsp3) is 0.133. The number of aromatic nitrogens is 5. The lowest BCUT2D eigenvalue weighted by Gasteiger charge is -2.12. The van der Waals surface area contributed by atoms with E-state index in [0.717, 1.165) is 30.5 Å². The van der Waals surface area contributed by atoms with Gasteiger partial charge in [0.2, 0.25) is 0 Å². The summed E-state index contributed by atoms with van der Waals surface area (Å²) in [5.74, 6) is -1.87.